The van der Waals surface area contributed by atoms with Crippen LogP contribution in [0.4, 0.5) is 4.79 Å². The fourth-order valence-electron chi connectivity index (χ4n) is 2.74. The van der Waals surface area contributed by atoms with Gasteiger partial charge in [0.2, 0.25) is 0 Å². The Labute approximate surface area is 175 Å². The van der Waals surface area contributed by atoms with Gasteiger partial charge in [-0.15, -0.1) is 0 Å². The predicted octanol–water partition coefficient (Wildman–Crippen LogP) is 3.85. The van der Waals surface area contributed by atoms with E-state index in [-0.39, 0.29) is 12.2 Å². The molecule has 0 aliphatic carbocycles. The van der Waals surface area contributed by atoms with Gasteiger partial charge in [-0.2, -0.15) is 4.98 Å². The van der Waals surface area contributed by atoms with E-state index in [1.165, 1.54) is 0 Å². The monoisotopic (exact) mass is 411 g/mol. The smallest absolute Gasteiger partial charge is 0.394 e. The first-order chi connectivity index (χ1) is 14.5. The second-order valence-electron chi connectivity index (χ2n) is 6.72. The molecule has 0 radical (unpaired) electrons. The Morgan fingerprint density at radius 1 is 1.07 bits per heavy atom. The normalized spacial score (nSPS) is 10.7. The van der Waals surface area contributed by atoms with Crippen molar-refractivity contribution in [3.8, 4) is 40.2 Å². The van der Waals surface area contributed by atoms with Gasteiger partial charge in [0.25, 0.3) is 0 Å². The molecule has 2 amide bonds. The number of nitrogens with one attached hydrogen (secondary N) is 1. The van der Waals surface area contributed by atoms with E-state index in [9.17, 15) is 4.79 Å². The molecule has 0 saturated heterocycles. The van der Waals surface area contributed by atoms with Gasteiger partial charge in [-0.25, -0.2) is 4.79 Å². The minimum Gasteiger partial charge on any atom is -0.497 e. The van der Waals surface area contributed by atoms with Gasteiger partial charge in [-0.05, 0) is 62.4 Å². The molecule has 3 N–H and O–H groups in total. The molecular formula is C22H25N3O5. The molecule has 8 nitrogen and oxygen atoms in total. The Balaban J connectivity index is 1.84. The molecule has 8 heteroatoms. The van der Waals surface area contributed by atoms with Gasteiger partial charge in [-0.3, -0.25) is 0 Å². The lowest BCUT2D eigenvalue weighted by Gasteiger charge is -2.07. The van der Waals surface area contributed by atoms with Crippen molar-refractivity contribution in [1.82, 2.24) is 10.3 Å². The molecule has 1 aromatic heterocycles. The maximum atomic E-state index is 10.7. The first kappa shape index (κ1) is 21.0. The number of carbonyl (C=O) groups excluding carboxylic acids is 1. The van der Waals surface area contributed by atoms with Gasteiger partial charge < -0.3 is 29.7 Å². The molecule has 0 bridgehead atoms. The molecule has 0 aliphatic heterocycles. The Bertz CT molecular complexity index is 965. The lowest BCUT2D eigenvalue weighted by molar-refractivity contribution is 0.177. The van der Waals surface area contributed by atoms with Crippen molar-refractivity contribution in [2.45, 2.75) is 20.0 Å². The van der Waals surface area contributed by atoms with Crippen LogP contribution in [0.2, 0.25) is 0 Å². The van der Waals surface area contributed by atoms with Crippen LogP contribution in [-0.4, -0.2) is 37.4 Å². The van der Waals surface area contributed by atoms with E-state index in [4.69, 9.17) is 24.4 Å². The van der Waals surface area contributed by atoms with Crippen LogP contribution in [0.5, 0.6) is 17.6 Å². The van der Waals surface area contributed by atoms with Crippen LogP contribution in [0.1, 0.15) is 13.8 Å². The summed E-state index contributed by atoms with van der Waals surface area (Å²) in [5, 5.41) is 2.47. The lowest BCUT2D eigenvalue weighted by atomic mass is 10.1. The van der Waals surface area contributed by atoms with Crippen molar-refractivity contribution in [2.24, 2.45) is 5.73 Å². The number of rotatable bonds is 9. The summed E-state index contributed by atoms with van der Waals surface area (Å²) in [6.07, 6.45) is 0.147. The summed E-state index contributed by atoms with van der Waals surface area (Å²) in [4.78, 5) is 15.2. The highest BCUT2D eigenvalue weighted by atomic mass is 16.6. The molecule has 0 fully saturated rings. The van der Waals surface area contributed by atoms with Crippen molar-refractivity contribution in [2.75, 3.05) is 20.3 Å². The predicted molar refractivity (Wildman–Crippen MR) is 113 cm³/mol. The first-order valence-electron chi connectivity index (χ1n) is 9.54. The highest BCUT2D eigenvalue weighted by Gasteiger charge is 2.19. The molecule has 158 valence electrons. The second kappa shape index (κ2) is 9.69. The highest BCUT2D eigenvalue weighted by Crippen LogP contribution is 2.36. The summed E-state index contributed by atoms with van der Waals surface area (Å²) in [6, 6.07) is 14.4. The zero-order chi connectivity index (χ0) is 21.5. The molecular weight excluding hydrogens is 386 g/mol. The number of urea groups is 1. The second-order valence-corrected chi connectivity index (χ2v) is 6.72. The Morgan fingerprint density at radius 3 is 2.30 bits per heavy atom. The molecule has 3 rings (SSSR count). The minimum atomic E-state index is -0.579. The zero-order valence-electron chi connectivity index (χ0n) is 17.2. The maximum absolute atomic E-state index is 10.7. The minimum absolute atomic E-state index is 0.0648. The van der Waals surface area contributed by atoms with Gasteiger partial charge in [0.05, 0.1) is 19.8 Å². The SMILES string of the molecule is COc1ccc(-c2nc(OC(C)C)oc2-c2ccc(OCCNC(N)=O)cc2)cc1. The average molecular weight is 411 g/mol. The highest BCUT2D eigenvalue weighted by molar-refractivity contribution is 5.77. The number of primary amides is 1. The number of nitrogens with two attached hydrogens (primary N) is 1. The van der Waals surface area contributed by atoms with E-state index < -0.39 is 6.03 Å². The average Bonchev–Trinajstić information content (AvgIpc) is 3.14. The van der Waals surface area contributed by atoms with E-state index in [2.05, 4.69) is 10.3 Å². The number of ether oxygens (including phenoxy) is 3. The van der Waals surface area contributed by atoms with Crippen molar-refractivity contribution >= 4 is 6.03 Å². The van der Waals surface area contributed by atoms with E-state index in [0.717, 1.165) is 16.9 Å². The molecule has 1 heterocycles. The molecule has 0 atom stereocenters. The van der Waals surface area contributed by atoms with Gasteiger partial charge in [0.15, 0.2) is 5.76 Å². The number of oxazole rings is 1. The van der Waals surface area contributed by atoms with Crippen molar-refractivity contribution in [1.29, 1.82) is 0 Å². The largest absolute Gasteiger partial charge is 0.497 e. The third-order valence-corrected chi connectivity index (χ3v) is 4.09. The first-order valence-corrected chi connectivity index (χ1v) is 9.54. The van der Waals surface area contributed by atoms with Gasteiger partial charge >= 0.3 is 12.1 Å². The number of benzene rings is 2. The molecule has 3 aromatic rings. The number of hydrogen-bond acceptors (Lipinski definition) is 6. The Morgan fingerprint density at radius 2 is 1.70 bits per heavy atom. The van der Waals surface area contributed by atoms with Crippen LogP contribution in [0.15, 0.2) is 52.9 Å². The quantitative estimate of drug-likeness (QED) is 0.518. The molecule has 0 unspecified atom stereocenters. The molecule has 0 saturated carbocycles. The lowest BCUT2D eigenvalue weighted by Crippen LogP contribution is -2.32. The third-order valence-electron chi connectivity index (χ3n) is 4.09. The fourth-order valence-corrected chi connectivity index (χ4v) is 2.74. The number of amides is 2. The number of nitrogens with zero attached hydrogens (tertiary/aromatic N) is 1. The summed E-state index contributed by atoms with van der Waals surface area (Å²) < 4.78 is 22.4. The van der Waals surface area contributed by atoms with Crippen molar-refractivity contribution in [3.05, 3.63) is 48.5 Å². The van der Waals surface area contributed by atoms with Crippen LogP contribution < -0.4 is 25.3 Å². The van der Waals surface area contributed by atoms with Gasteiger partial charge in [-0.1, -0.05) is 0 Å². The zero-order valence-corrected chi connectivity index (χ0v) is 17.2. The van der Waals surface area contributed by atoms with Crippen molar-refractivity contribution in [3.63, 3.8) is 0 Å². The summed E-state index contributed by atoms with van der Waals surface area (Å²) in [5.74, 6) is 2.02. The van der Waals surface area contributed by atoms with Crippen molar-refractivity contribution < 1.29 is 23.4 Å². The molecule has 30 heavy (non-hydrogen) atoms. The number of carbonyl (C=O) groups is 1. The number of hydrogen-bond donors (Lipinski definition) is 2. The standard InChI is InChI=1S/C22H25N3O5/c1-14(2)29-22-25-19(15-4-8-17(27-3)9-5-15)20(30-22)16-6-10-18(11-7-16)28-13-12-24-21(23)26/h4-11,14H,12-13H2,1-3H3,(H3,23,24,26). The Kier molecular flexibility index (Phi) is 6.79. The number of methoxy groups -OCH3 is 1. The molecule has 2 aromatic carbocycles. The fraction of sp³-hybridized carbons (Fsp3) is 0.273. The van der Waals surface area contributed by atoms with Gasteiger partial charge in [0, 0.05) is 11.1 Å². The molecule has 0 spiro atoms. The van der Waals surface area contributed by atoms with Gasteiger partial charge in [0.1, 0.15) is 23.8 Å². The summed E-state index contributed by atoms with van der Waals surface area (Å²) in [6.45, 7) is 4.47. The summed E-state index contributed by atoms with van der Waals surface area (Å²) >= 11 is 0. The van der Waals surface area contributed by atoms with Crippen LogP contribution in [0.3, 0.4) is 0 Å². The molecule has 0 aliphatic rings. The topological polar surface area (TPSA) is 109 Å². The van der Waals surface area contributed by atoms with Crippen LogP contribution in [0.25, 0.3) is 22.6 Å². The Hall–Kier alpha value is -3.68. The summed E-state index contributed by atoms with van der Waals surface area (Å²) in [5.41, 5.74) is 7.41. The van der Waals surface area contributed by atoms with Crippen LogP contribution in [-0.2, 0) is 0 Å². The van der Waals surface area contributed by atoms with Crippen LogP contribution in [0, 0.1) is 0 Å². The van der Waals surface area contributed by atoms with Crippen LogP contribution >= 0.6 is 0 Å². The van der Waals surface area contributed by atoms with E-state index in [0.29, 0.717) is 30.4 Å². The van der Waals surface area contributed by atoms with E-state index in [1.807, 2.05) is 62.4 Å². The maximum Gasteiger partial charge on any atom is 0.394 e. The van der Waals surface area contributed by atoms with E-state index in [1.54, 1.807) is 7.11 Å². The summed E-state index contributed by atoms with van der Waals surface area (Å²) in [7, 11) is 1.62. The van der Waals surface area contributed by atoms with E-state index >= 15 is 0 Å². The third kappa shape index (κ3) is 5.44. The number of aromatic nitrogens is 1.